The second kappa shape index (κ2) is 5.53. The molecule has 0 saturated carbocycles. The highest BCUT2D eigenvalue weighted by atomic mass is 35.5. The monoisotopic (exact) mass is 221 g/mol. The van der Waals surface area contributed by atoms with Crippen LogP contribution in [0.3, 0.4) is 0 Å². The summed E-state index contributed by atoms with van der Waals surface area (Å²) in [5.41, 5.74) is 0. The van der Waals surface area contributed by atoms with E-state index in [4.69, 9.17) is 16.3 Å². The van der Waals surface area contributed by atoms with E-state index in [1.54, 1.807) is 4.90 Å². The van der Waals surface area contributed by atoms with Gasteiger partial charge in [-0.15, -0.1) is 11.6 Å². The number of carbonyl (C=O) groups is 1. The van der Waals surface area contributed by atoms with Gasteiger partial charge in [-0.05, 0) is 6.92 Å². The molecule has 1 saturated heterocycles. The molecule has 1 aliphatic rings. The highest BCUT2D eigenvalue weighted by Crippen LogP contribution is 2.14. The van der Waals surface area contributed by atoms with E-state index in [1.807, 2.05) is 6.92 Å². The first-order valence-electron chi connectivity index (χ1n) is 4.82. The van der Waals surface area contributed by atoms with Crippen LogP contribution in [0.15, 0.2) is 0 Å². The highest BCUT2D eigenvalue weighted by molar-refractivity contribution is 6.18. The number of halogens is 1. The number of hydrogen-bond donors (Lipinski definition) is 1. The van der Waals surface area contributed by atoms with Crippen molar-refractivity contribution in [2.75, 3.05) is 25.6 Å². The normalized spacial score (nSPS) is 26.9. The molecule has 0 aromatic rings. The predicted octanol–water partition coefficient (Wildman–Crippen LogP) is 0.223. The summed E-state index contributed by atoms with van der Waals surface area (Å²) < 4.78 is 5.30. The van der Waals surface area contributed by atoms with Crippen molar-refractivity contribution in [3.8, 4) is 0 Å². The van der Waals surface area contributed by atoms with Crippen LogP contribution in [0.2, 0.25) is 0 Å². The lowest BCUT2D eigenvalue weighted by atomic mass is 10.3. The lowest BCUT2D eigenvalue weighted by Gasteiger charge is -2.15. The Bertz CT molecular complexity index is 200. The fourth-order valence-electron chi connectivity index (χ4n) is 1.58. The Morgan fingerprint density at radius 3 is 2.93 bits per heavy atom. The molecule has 5 heteroatoms. The van der Waals surface area contributed by atoms with E-state index >= 15 is 0 Å². The van der Waals surface area contributed by atoms with Crippen LogP contribution < -0.4 is 0 Å². The molecule has 1 amide bonds. The van der Waals surface area contributed by atoms with Crippen molar-refractivity contribution >= 4 is 17.5 Å². The van der Waals surface area contributed by atoms with Gasteiger partial charge in [-0.3, -0.25) is 4.79 Å². The summed E-state index contributed by atoms with van der Waals surface area (Å²) in [7, 11) is 0. The average molecular weight is 222 g/mol. The van der Waals surface area contributed by atoms with Crippen LogP contribution in [0.5, 0.6) is 0 Å². The summed E-state index contributed by atoms with van der Waals surface area (Å²) in [5, 5.41) is 9.56. The average Bonchev–Trinajstić information content (AvgIpc) is 2.49. The van der Waals surface area contributed by atoms with Gasteiger partial charge in [0, 0.05) is 32.0 Å². The van der Waals surface area contributed by atoms with Crippen molar-refractivity contribution in [3.63, 3.8) is 0 Å². The van der Waals surface area contributed by atoms with Crippen molar-refractivity contribution in [2.45, 2.75) is 25.6 Å². The number of alkyl halides is 1. The maximum atomic E-state index is 11.4. The lowest BCUT2D eigenvalue weighted by molar-refractivity contribution is -0.130. The summed E-state index contributed by atoms with van der Waals surface area (Å²) >= 11 is 5.47. The van der Waals surface area contributed by atoms with Crippen LogP contribution in [-0.4, -0.2) is 53.7 Å². The predicted molar refractivity (Wildman–Crippen MR) is 53.3 cm³/mol. The van der Waals surface area contributed by atoms with E-state index in [9.17, 15) is 9.90 Å². The maximum Gasteiger partial charge on any atom is 0.223 e. The van der Waals surface area contributed by atoms with Crippen LogP contribution in [0.4, 0.5) is 0 Å². The summed E-state index contributed by atoms with van der Waals surface area (Å²) in [6.07, 6.45) is -0.471. The fourth-order valence-corrected chi connectivity index (χ4v) is 1.74. The zero-order valence-corrected chi connectivity index (χ0v) is 9.04. The first-order chi connectivity index (χ1) is 6.69. The number of aliphatic hydroxyl groups excluding tert-OH is 1. The van der Waals surface area contributed by atoms with Gasteiger partial charge < -0.3 is 14.7 Å². The third kappa shape index (κ3) is 2.83. The second-order valence-electron chi connectivity index (χ2n) is 3.30. The number of amides is 1. The molecule has 2 unspecified atom stereocenters. The Hall–Kier alpha value is -0.320. The minimum Gasteiger partial charge on any atom is -0.388 e. The van der Waals surface area contributed by atoms with Gasteiger partial charge >= 0.3 is 0 Å². The molecule has 4 nitrogen and oxygen atoms in total. The Kier molecular flexibility index (Phi) is 4.65. The molecule has 0 bridgehead atoms. The summed E-state index contributed by atoms with van der Waals surface area (Å²) in [4.78, 5) is 13.0. The molecular weight excluding hydrogens is 206 g/mol. The molecule has 1 heterocycles. The van der Waals surface area contributed by atoms with E-state index in [2.05, 4.69) is 0 Å². The topological polar surface area (TPSA) is 49.8 Å². The Labute approximate surface area is 88.8 Å². The fraction of sp³-hybridized carbons (Fsp3) is 0.889. The zero-order valence-electron chi connectivity index (χ0n) is 8.28. The van der Waals surface area contributed by atoms with Crippen molar-refractivity contribution < 1.29 is 14.6 Å². The largest absolute Gasteiger partial charge is 0.388 e. The Balaban J connectivity index is 2.41. The number of β-amino-alcohol motifs (C(OH)–C–C–N with tert-alkyl or cyclic N) is 1. The number of nitrogens with zero attached hydrogens (tertiary/aromatic N) is 1. The molecule has 0 radical (unpaired) electrons. The Morgan fingerprint density at radius 2 is 2.36 bits per heavy atom. The maximum absolute atomic E-state index is 11.4. The van der Waals surface area contributed by atoms with Gasteiger partial charge in [0.25, 0.3) is 0 Å². The highest BCUT2D eigenvalue weighted by Gasteiger charge is 2.33. The molecule has 1 rings (SSSR count). The number of carbonyl (C=O) groups excluding carboxylic acids is 1. The number of ether oxygens (including phenoxy) is 1. The van der Waals surface area contributed by atoms with Gasteiger partial charge in [0.05, 0.1) is 6.10 Å². The number of rotatable bonds is 4. The van der Waals surface area contributed by atoms with E-state index < -0.39 is 6.10 Å². The molecule has 82 valence electrons. The minimum absolute atomic E-state index is 0.0127. The van der Waals surface area contributed by atoms with E-state index in [1.165, 1.54) is 0 Å². The lowest BCUT2D eigenvalue weighted by Crippen LogP contribution is -2.30. The zero-order chi connectivity index (χ0) is 10.6. The van der Waals surface area contributed by atoms with Crippen molar-refractivity contribution in [2.24, 2.45) is 0 Å². The quantitative estimate of drug-likeness (QED) is 0.692. The second-order valence-corrected chi connectivity index (χ2v) is 3.68. The summed E-state index contributed by atoms with van der Waals surface area (Å²) in [6, 6.07) is 0. The SMILES string of the molecule is CCOC1CN(C(=O)CCCl)CC1O. The van der Waals surface area contributed by atoms with Gasteiger partial charge in [0.2, 0.25) is 5.91 Å². The molecule has 2 atom stereocenters. The van der Waals surface area contributed by atoms with E-state index in [0.717, 1.165) is 0 Å². The minimum atomic E-state index is -0.561. The van der Waals surface area contributed by atoms with Crippen molar-refractivity contribution in [1.29, 1.82) is 0 Å². The van der Waals surface area contributed by atoms with Crippen LogP contribution >= 0.6 is 11.6 Å². The molecule has 14 heavy (non-hydrogen) atoms. The summed E-state index contributed by atoms with van der Waals surface area (Å²) in [5.74, 6) is 0.311. The van der Waals surface area contributed by atoms with Gasteiger partial charge in [-0.1, -0.05) is 0 Å². The summed E-state index contributed by atoms with van der Waals surface area (Å²) in [6.45, 7) is 3.26. The third-order valence-corrected chi connectivity index (χ3v) is 2.47. The molecule has 1 fully saturated rings. The van der Waals surface area contributed by atoms with Crippen LogP contribution in [0.25, 0.3) is 0 Å². The van der Waals surface area contributed by atoms with Crippen molar-refractivity contribution in [3.05, 3.63) is 0 Å². The van der Waals surface area contributed by atoms with Gasteiger partial charge in [0.15, 0.2) is 0 Å². The van der Waals surface area contributed by atoms with Crippen LogP contribution in [0.1, 0.15) is 13.3 Å². The Morgan fingerprint density at radius 1 is 1.64 bits per heavy atom. The van der Waals surface area contributed by atoms with Gasteiger partial charge in [-0.25, -0.2) is 0 Å². The standard InChI is InChI=1S/C9H16ClNO3/c1-2-14-8-6-11(5-7(8)12)9(13)3-4-10/h7-8,12H,2-6H2,1H3. The number of hydrogen-bond acceptors (Lipinski definition) is 3. The van der Waals surface area contributed by atoms with Crippen LogP contribution in [0, 0.1) is 0 Å². The van der Waals surface area contributed by atoms with E-state index in [-0.39, 0.29) is 12.0 Å². The first kappa shape index (κ1) is 11.8. The molecule has 0 aromatic heterocycles. The smallest absolute Gasteiger partial charge is 0.223 e. The number of aliphatic hydroxyl groups is 1. The molecule has 0 aromatic carbocycles. The molecule has 1 aliphatic heterocycles. The third-order valence-electron chi connectivity index (χ3n) is 2.28. The van der Waals surface area contributed by atoms with E-state index in [0.29, 0.717) is 32.0 Å². The van der Waals surface area contributed by atoms with Crippen LogP contribution in [-0.2, 0) is 9.53 Å². The number of likely N-dealkylation sites (tertiary alicyclic amines) is 1. The molecule has 1 N–H and O–H groups in total. The van der Waals surface area contributed by atoms with Crippen molar-refractivity contribution in [1.82, 2.24) is 4.90 Å². The molecular formula is C9H16ClNO3. The van der Waals surface area contributed by atoms with Gasteiger partial charge in [0.1, 0.15) is 6.10 Å². The molecule has 0 spiro atoms. The van der Waals surface area contributed by atoms with Gasteiger partial charge in [-0.2, -0.15) is 0 Å². The molecule has 0 aliphatic carbocycles. The first-order valence-corrected chi connectivity index (χ1v) is 5.36.